The maximum Gasteiger partial charge on any atom is 0.371 e. The number of carboxylic acids is 1. The topological polar surface area (TPSA) is 88.4 Å². The average molecular weight is 334 g/mol. The molecule has 6 heteroatoms. The normalized spacial score (nSPS) is 10.9. The van der Waals surface area contributed by atoms with E-state index in [1.165, 1.54) is 6.07 Å². The summed E-state index contributed by atoms with van der Waals surface area (Å²) in [4.78, 5) is 18.7. The molecular weight excluding hydrogens is 320 g/mol. The first-order valence-electron chi connectivity index (χ1n) is 7.69. The Labute approximate surface area is 142 Å². The highest BCUT2D eigenvalue weighted by Crippen LogP contribution is 2.30. The monoisotopic (exact) mass is 334 g/mol. The fourth-order valence-corrected chi connectivity index (χ4v) is 2.59. The third-order valence-electron chi connectivity index (χ3n) is 3.77. The first kappa shape index (κ1) is 15.0. The summed E-state index contributed by atoms with van der Waals surface area (Å²) < 4.78 is 11.0. The van der Waals surface area contributed by atoms with E-state index in [-0.39, 0.29) is 12.4 Å². The zero-order valence-electron chi connectivity index (χ0n) is 13.1. The molecule has 2 N–H and O–H groups in total. The smallest absolute Gasteiger partial charge is 0.371 e. The van der Waals surface area contributed by atoms with Crippen LogP contribution in [0.5, 0.6) is 5.75 Å². The van der Waals surface area contributed by atoms with Crippen molar-refractivity contribution in [2.45, 2.75) is 6.61 Å². The van der Waals surface area contributed by atoms with E-state index in [1.807, 2.05) is 48.5 Å². The predicted molar refractivity (Wildman–Crippen MR) is 91.5 cm³/mol. The van der Waals surface area contributed by atoms with E-state index in [1.54, 1.807) is 6.07 Å². The molecule has 0 saturated heterocycles. The lowest BCUT2D eigenvalue weighted by atomic mass is 10.2. The summed E-state index contributed by atoms with van der Waals surface area (Å²) in [6.45, 7) is 0.129. The van der Waals surface area contributed by atoms with Gasteiger partial charge in [0.05, 0.1) is 16.6 Å². The Bertz CT molecular complexity index is 1020. The maximum atomic E-state index is 10.9. The van der Waals surface area contributed by atoms with Crippen molar-refractivity contribution in [2.24, 2.45) is 0 Å². The highest BCUT2D eigenvalue weighted by molar-refractivity contribution is 5.84. The summed E-state index contributed by atoms with van der Waals surface area (Å²) in [7, 11) is 0. The number of aromatic amines is 1. The molecule has 2 aromatic heterocycles. The van der Waals surface area contributed by atoms with Crippen LogP contribution in [0.4, 0.5) is 0 Å². The van der Waals surface area contributed by atoms with Gasteiger partial charge in [0, 0.05) is 0 Å². The molecule has 0 amide bonds. The Balaban J connectivity index is 1.61. The number of rotatable bonds is 5. The molecule has 0 spiro atoms. The molecule has 4 rings (SSSR count). The van der Waals surface area contributed by atoms with Gasteiger partial charge in [0.15, 0.2) is 0 Å². The Morgan fingerprint density at radius 3 is 2.68 bits per heavy atom. The number of furan rings is 1. The number of para-hydroxylation sites is 3. The highest BCUT2D eigenvalue weighted by atomic mass is 16.5. The van der Waals surface area contributed by atoms with Gasteiger partial charge in [-0.1, -0.05) is 24.3 Å². The van der Waals surface area contributed by atoms with E-state index in [4.69, 9.17) is 14.3 Å². The zero-order valence-corrected chi connectivity index (χ0v) is 13.1. The first-order valence-corrected chi connectivity index (χ1v) is 7.69. The summed E-state index contributed by atoms with van der Waals surface area (Å²) in [5, 5.41) is 8.90. The number of hydrogen-bond donors (Lipinski definition) is 2. The molecule has 0 aliphatic rings. The lowest BCUT2D eigenvalue weighted by Gasteiger charge is -2.08. The SMILES string of the molecule is O=C(O)c1ccc(COc2ccccc2-c2nc3ccccc3[nH]2)o1. The number of hydrogen-bond acceptors (Lipinski definition) is 4. The summed E-state index contributed by atoms with van der Waals surface area (Å²) in [5.74, 6) is 0.576. The molecule has 124 valence electrons. The quantitative estimate of drug-likeness (QED) is 0.573. The van der Waals surface area contributed by atoms with Crippen molar-refractivity contribution in [1.82, 2.24) is 9.97 Å². The van der Waals surface area contributed by atoms with Crippen molar-refractivity contribution < 1.29 is 19.1 Å². The summed E-state index contributed by atoms with van der Waals surface area (Å²) in [6, 6.07) is 18.3. The Hall–Kier alpha value is -3.54. The number of carbonyl (C=O) groups is 1. The van der Waals surface area contributed by atoms with Crippen molar-refractivity contribution in [3.05, 3.63) is 72.2 Å². The van der Waals surface area contributed by atoms with Crippen LogP contribution < -0.4 is 4.74 Å². The Morgan fingerprint density at radius 1 is 1.08 bits per heavy atom. The van der Waals surface area contributed by atoms with Crippen molar-refractivity contribution in [3.63, 3.8) is 0 Å². The summed E-state index contributed by atoms with van der Waals surface area (Å²) >= 11 is 0. The van der Waals surface area contributed by atoms with Crippen LogP contribution in [0.1, 0.15) is 16.3 Å². The minimum Gasteiger partial charge on any atom is -0.485 e. The fraction of sp³-hybridized carbons (Fsp3) is 0.0526. The second kappa shape index (κ2) is 6.16. The van der Waals surface area contributed by atoms with Gasteiger partial charge in [-0.05, 0) is 36.4 Å². The number of ether oxygens (including phenoxy) is 1. The number of aromatic carboxylic acids is 1. The third-order valence-corrected chi connectivity index (χ3v) is 3.77. The molecule has 4 aromatic rings. The molecule has 6 nitrogen and oxygen atoms in total. The van der Waals surface area contributed by atoms with Crippen LogP contribution >= 0.6 is 0 Å². The minimum absolute atomic E-state index is 0.107. The van der Waals surface area contributed by atoms with Crippen LogP contribution in [-0.4, -0.2) is 21.0 Å². The standard InChI is InChI=1S/C19H14N2O4/c22-19(23)17-10-9-12(25-17)11-24-16-8-4-1-5-13(16)18-20-14-6-2-3-7-15(14)21-18/h1-10H,11H2,(H,20,21)(H,22,23). The third kappa shape index (κ3) is 2.97. The predicted octanol–water partition coefficient (Wildman–Crippen LogP) is 4.10. The number of benzene rings is 2. The lowest BCUT2D eigenvalue weighted by Crippen LogP contribution is -1.97. The van der Waals surface area contributed by atoms with Crippen molar-refractivity contribution in [3.8, 4) is 17.1 Å². The molecule has 2 heterocycles. The molecule has 0 atom stereocenters. The number of carboxylic acid groups (broad SMARTS) is 1. The largest absolute Gasteiger partial charge is 0.485 e. The van der Waals surface area contributed by atoms with Crippen molar-refractivity contribution in [2.75, 3.05) is 0 Å². The van der Waals surface area contributed by atoms with Gasteiger partial charge in [0.1, 0.15) is 23.9 Å². The van der Waals surface area contributed by atoms with Crippen LogP contribution in [0.2, 0.25) is 0 Å². The lowest BCUT2D eigenvalue weighted by molar-refractivity contribution is 0.0658. The molecule has 0 aliphatic heterocycles. The number of nitrogens with one attached hydrogen (secondary N) is 1. The number of H-pyrrole nitrogens is 1. The first-order chi connectivity index (χ1) is 12.2. The summed E-state index contributed by atoms with van der Waals surface area (Å²) in [5.41, 5.74) is 2.65. The van der Waals surface area contributed by atoms with E-state index >= 15 is 0 Å². The average Bonchev–Trinajstić information content (AvgIpc) is 3.27. The van der Waals surface area contributed by atoms with Gasteiger partial charge in [-0.15, -0.1) is 0 Å². The van der Waals surface area contributed by atoms with Crippen molar-refractivity contribution >= 4 is 17.0 Å². The van der Waals surface area contributed by atoms with Crippen LogP contribution in [0.15, 0.2) is 65.1 Å². The van der Waals surface area contributed by atoms with Crippen LogP contribution in [0.3, 0.4) is 0 Å². The van der Waals surface area contributed by atoms with E-state index in [0.717, 1.165) is 16.6 Å². The summed E-state index contributed by atoms with van der Waals surface area (Å²) in [6.07, 6.45) is 0. The van der Waals surface area contributed by atoms with Crippen molar-refractivity contribution in [1.29, 1.82) is 0 Å². The van der Waals surface area contributed by atoms with E-state index < -0.39 is 5.97 Å². The fourth-order valence-electron chi connectivity index (χ4n) is 2.59. The molecular formula is C19H14N2O4. The Kier molecular flexibility index (Phi) is 3.70. The molecule has 0 aliphatic carbocycles. The highest BCUT2D eigenvalue weighted by Gasteiger charge is 2.13. The van der Waals surface area contributed by atoms with Gasteiger partial charge >= 0.3 is 5.97 Å². The van der Waals surface area contributed by atoms with Crippen LogP contribution in [-0.2, 0) is 6.61 Å². The van der Waals surface area contributed by atoms with Gasteiger partial charge in [-0.25, -0.2) is 9.78 Å². The molecule has 0 bridgehead atoms. The van der Waals surface area contributed by atoms with Crippen LogP contribution in [0, 0.1) is 0 Å². The maximum absolute atomic E-state index is 10.9. The van der Waals surface area contributed by atoms with Gasteiger partial charge < -0.3 is 19.2 Å². The zero-order chi connectivity index (χ0) is 17.2. The Morgan fingerprint density at radius 2 is 1.88 bits per heavy atom. The molecule has 0 unspecified atom stereocenters. The minimum atomic E-state index is -1.10. The second-order valence-corrected chi connectivity index (χ2v) is 5.46. The van der Waals surface area contributed by atoms with Gasteiger partial charge in [-0.2, -0.15) is 0 Å². The van der Waals surface area contributed by atoms with E-state index in [2.05, 4.69) is 9.97 Å². The van der Waals surface area contributed by atoms with E-state index in [9.17, 15) is 4.79 Å². The van der Waals surface area contributed by atoms with Gasteiger partial charge in [0.25, 0.3) is 0 Å². The molecule has 0 saturated carbocycles. The van der Waals surface area contributed by atoms with Gasteiger partial charge in [-0.3, -0.25) is 0 Å². The number of aromatic nitrogens is 2. The molecule has 0 radical (unpaired) electrons. The van der Waals surface area contributed by atoms with Crippen LogP contribution in [0.25, 0.3) is 22.4 Å². The molecule has 25 heavy (non-hydrogen) atoms. The second-order valence-electron chi connectivity index (χ2n) is 5.46. The number of fused-ring (bicyclic) bond motifs is 1. The number of imidazole rings is 1. The molecule has 2 aromatic carbocycles. The van der Waals surface area contributed by atoms with E-state index in [0.29, 0.717) is 17.3 Å². The molecule has 0 fully saturated rings. The van der Waals surface area contributed by atoms with Gasteiger partial charge in [0.2, 0.25) is 5.76 Å². The number of nitrogens with zero attached hydrogens (tertiary/aromatic N) is 1.